The second kappa shape index (κ2) is 5.63. The fourth-order valence-electron chi connectivity index (χ4n) is 2.92. The Balaban J connectivity index is 2.03. The minimum atomic E-state index is -0.914. The monoisotopic (exact) mass is 266 g/mol. The molecule has 1 aromatic heterocycles. The zero-order chi connectivity index (χ0) is 14.0. The Labute approximate surface area is 115 Å². The van der Waals surface area contributed by atoms with Crippen molar-refractivity contribution in [3.05, 3.63) is 17.5 Å². The summed E-state index contributed by atoms with van der Waals surface area (Å²) < 4.78 is 1.82. The van der Waals surface area contributed by atoms with Gasteiger partial charge in [0.25, 0.3) is 0 Å². The fourth-order valence-corrected chi connectivity index (χ4v) is 2.92. The topological polar surface area (TPSA) is 58.3 Å². The van der Waals surface area contributed by atoms with Crippen LogP contribution in [0.1, 0.15) is 50.9 Å². The summed E-state index contributed by atoms with van der Waals surface area (Å²) in [6.07, 6.45) is 4.08. The molecule has 1 aliphatic carbocycles. The highest BCUT2D eigenvalue weighted by Gasteiger charge is 2.38. The number of hydrogen-bond donors (Lipinski definition) is 2. The van der Waals surface area contributed by atoms with E-state index in [1.54, 1.807) is 0 Å². The van der Waals surface area contributed by atoms with Crippen molar-refractivity contribution in [2.75, 3.05) is 0 Å². The Bertz CT molecular complexity index is 420. The average Bonchev–Trinajstić information content (AvgIpc) is 2.74. The molecule has 1 heterocycles. The largest absolute Gasteiger partial charge is 0.390 e. The number of aliphatic hydroxyl groups is 2. The summed E-state index contributed by atoms with van der Waals surface area (Å²) in [5.74, 6) is 0.663. The molecule has 0 radical (unpaired) electrons. The van der Waals surface area contributed by atoms with Gasteiger partial charge in [-0.25, -0.2) is 0 Å². The molecule has 0 aromatic carbocycles. The first-order valence-electron chi connectivity index (χ1n) is 7.37. The van der Waals surface area contributed by atoms with E-state index < -0.39 is 11.7 Å². The summed E-state index contributed by atoms with van der Waals surface area (Å²) in [4.78, 5) is 0. The summed E-state index contributed by atoms with van der Waals surface area (Å²) in [5.41, 5.74) is 1.12. The molecule has 0 bridgehead atoms. The lowest BCUT2D eigenvalue weighted by molar-refractivity contribution is -0.103. The van der Waals surface area contributed by atoms with Crippen LogP contribution in [0.2, 0.25) is 0 Å². The van der Waals surface area contributed by atoms with Gasteiger partial charge in [0.1, 0.15) is 0 Å². The molecule has 0 saturated heterocycles. The number of aliphatic hydroxyl groups excluding tert-OH is 1. The van der Waals surface area contributed by atoms with Crippen LogP contribution in [0.4, 0.5) is 0 Å². The standard InChI is InChI=1S/C15H26N2O2/c1-4-12-9-13(17(3)16-12)10-14(18)15(19)7-5-11(2)6-8-15/h9,11,14,18-19H,4-8,10H2,1-3H3. The second-order valence-electron chi connectivity index (χ2n) is 6.11. The van der Waals surface area contributed by atoms with Crippen LogP contribution < -0.4 is 0 Å². The van der Waals surface area contributed by atoms with E-state index in [1.165, 1.54) is 0 Å². The van der Waals surface area contributed by atoms with E-state index in [1.807, 2.05) is 17.8 Å². The van der Waals surface area contributed by atoms with Gasteiger partial charge in [0, 0.05) is 19.2 Å². The molecule has 2 rings (SSSR count). The normalized spacial score (nSPS) is 29.4. The smallest absolute Gasteiger partial charge is 0.0909 e. The summed E-state index contributed by atoms with van der Waals surface area (Å²) in [6, 6.07) is 2.03. The van der Waals surface area contributed by atoms with Crippen LogP contribution in [0, 0.1) is 5.92 Å². The zero-order valence-electron chi connectivity index (χ0n) is 12.3. The van der Waals surface area contributed by atoms with E-state index in [-0.39, 0.29) is 0 Å². The lowest BCUT2D eigenvalue weighted by Gasteiger charge is -2.38. The maximum absolute atomic E-state index is 10.6. The molecule has 2 N–H and O–H groups in total. The van der Waals surface area contributed by atoms with Gasteiger partial charge >= 0.3 is 0 Å². The Hall–Kier alpha value is -0.870. The molecule has 1 unspecified atom stereocenters. The molecule has 1 atom stereocenters. The Morgan fingerprint density at radius 3 is 2.63 bits per heavy atom. The van der Waals surface area contributed by atoms with Gasteiger partial charge < -0.3 is 10.2 Å². The van der Waals surface area contributed by atoms with Crippen LogP contribution >= 0.6 is 0 Å². The van der Waals surface area contributed by atoms with Gasteiger partial charge in [-0.3, -0.25) is 4.68 Å². The van der Waals surface area contributed by atoms with Gasteiger partial charge in [-0.15, -0.1) is 0 Å². The summed E-state index contributed by atoms with van der Waals surface area (Å²) in [5, 5.41) is 25.4. The summed E-state index contributed by atoms with van der Waals surface area (Å²) >= 11 is 0. The van der Waals surface area contributed by atoms with Crippen LogP contribution in [0.15, 0.2) is 6.07 Å². The van der Waals surface area contributed by atoms with Crippen LogP contribution in [0.25, 0.3) is 0 Å². The van der Waals surface area contributed by atoms with Crippen molar-refractivity contribution in [2.24, 2.45) is 13.0 Å². The Morgan fingerprint density at radius 2 is 2.11 bits per heavy atom. The van der Waals surface area contributed by atoms with Gasteiger partial charge in [0.15, 0.2) is 0 Å². The molecule has 4 heteroatoms. The molecule has 0 amide bonds. The van der Waals surface area contributed by atoms with E-state index in [0.717, 1.165) is 30.7 Å². The first-order valence-corrected chi connectivity index (χ1v) is 7.37. The lowest BCUT2D eigenvalue weighted by Crippen LogP contribution is -2.46. The highest BCUT2D eigenvalue weighted by atomic mass is 16.3. The van der Waals surface area contributed by atoms with Crippen molar-refractivity contribution in [3.63, 3.8) is 0 Å². The average molecular weight is 266 g/mol. The maximum Gasteiger partial charge on any atom is 0.0909 e. The van der Waals surface area contributed by atoms with Gasteiger partial charge in [-0.05, 0) is 44.1 Å². The van der Waals surface area contributed by atoms with E-state index in [2.05, 4.69) is 18.9 Å². The fraction of sp³-hybridized carbons (Fsp3) is 0.800. The third-order valence-electron chi connectivity index (χ3n) is 4.55. The van der Waals surface area contributed by atoms with E-state index in [0.29, 0.717) is 25.2 Å². The third-order valence-corrected chi connectivity index (χ3v) is 4.55. The number of nitrogens with zero attached hydrogens (tertiary/aromatic N) is 2. The van der Waals surface area contributed by atoms with E-state index in [4.69, 9.17) is 0 Å². The first kappa shape index (κ1) is 14.5. The minimum absolute atomic E-state index is 0.481. The molecular weight excluding hydrogens is 240 g/mol. The number of rotatable bonds is 4. The van der Waals surface area contributed by atoms with Gasteiger partial charge in [-0.1, -0.05) is 13.8 Å². The van der Waals surface area contributed by atoms with Gasteiger partial charge in [0.2, 0.25) is 0 Å². The predicted octanol–water partition coefficient (Wildman–Crippen LogP) is 1.83. The molecule has 108 valence electrons. The summed E-state index contributed by atoms with van der Waals surface area (Å²) in [6.45, 7) is 4.28. The van der Waals surface area contributed by atoms with Crippen LogP contribution in [-0.4, -0.2) is 31.7 Å². The highest BCUT2D eigenvalue weighted by Crippen LogP contribution is 2.35. The second-order valence-corrected chi connectivity index (χ2v) is 6.11. The van der Waals surface area contributed by atoms with Crippen molar-refractivity contribution >= 4 is 0 Å². The van der Waals surface area contributed by atoms with E-state index >= 15 is 0 Å². The van der Waals surface area contributed by atoms with Crippen molar-refractivity contribution in [2.45, 2.75) is 64.1 Å². The van der Waals surface area contributed by atoms with Crippen molar-refractivity contribution in [1.29, 1.82) is 0 Å². The predicted molar refractivity (Wildman–Crippen MR) is 74.9 cm³/mol. The number of aryl methyl sites for hydroxylation is 2. The molecule has 19 heavy (non-hydrogen) atoms. The number of aromatic nitrogens is 2. The minimum Gasteiger partial charge on any atom is -0.390 e. The SMILES string of the molecule is CCc1cc(CC(O)C2(O)CCC(C)CC2)n(C)n1. The molecule has 1 fully saturated rings. The molecule has 1 aliphatic rings. The molecule has 0 aliphatic heterocycles. The van der Waals surface area contributed by atoms with Gasteiger partial charge in [-0.2, -0.15) is 5.10 Å². The third kappa shape index (κ3) is 3.18. The maximum atomic E-state index is 10.6. The van der Waals surface area contributed by atoms with Gasteiger partial charge in [0.05, 0.1) is 17.4 Å². The van der Waals surface area contributed by atoms with Crippen molar-refractivity contribution in [1.82, 2.24) is 9.78 Å². The van der Waals surface area contributed by atoms with E-state index in [9.17, 15) is 10.2 Å². The number of hydrogen-bond acceptors (Lipinski definition) is 3. The molecular formula is C15H26N2O2. The van der Waals surface area contributed by atoms with Crippen molar-refractivity contribution in [3.8, 4) is 0 Å². The van der Waals surface area contributed by atoms with Crippen LogP contribution in [0.3, 0.4) is 0 Å². The van der Waals surface area contributed by atoms with Crippen molar-refractivity contribution < 1.29 is 10.2 Å². The summed E-state index contributed by atoms with van der Waals surface area (Å²) in [7, 11) is 1.90. The quantitative estimate of drug-likeness (QED) is 0.874. The highest BCUT2D eigenvalue weighted by molar-refractivity contribution is 5.12. The molecule has 1 saturated carbocycles. The zero-order valence-corrected chi connectivity index (χ0v) is 12.3. The molecule has 4 nitrogen and oxygen atoms in total. The Kier molecular flexibility index (Phi) is 4.31. The first-order chi connectivity index (χ1) is 8.94. The van der Waals surface area contributed by atoms with Crippen LogP contribution in [-0.2, 0) is 19.9 Å². The molecule has 0 spiro atoms. The molecule has 1 aromatic rings. The lowest BCUT2D eigenvalue weighted by atomic mass is 9.75. The van der Waals surface area contributed by atoms with Crippen LogP contribution in [0.5, 0.6) is 0 Å². The Morgan fingerprint density at radius 1 is 1.47 bits per heavy atom.